The van der Waals surface area contributed by atoms with Crippen LogP contribution < -0.4 is 10.5 Å². The molecule has 2 unspecified atom stereocenters. The highest BCUT2D eigenvalue weighted by molar-refractivity contribution is 7.89. The van der Waals surface area contributed by atoms with E-state index in [1.807, 2.05) is 0 Å². The molecule has 0 amide bonds. The Kier molecular flexibility index (Phi) is 5.27. The van der Waals surface area contributed by atoms with Gasteiger partial charge in [0.1, 0.15) is 0 Å². The van der Waals surface area contributed by atoms with Gasteiger partial charge in [-0.2, -0.15) is 0 Å². The standard InChI is InChI=1S/C14H21ClN2O3S/c1-9-10(8-16)6-11(15)7-14(9)21(18,19)17-12-4-3-5-13(12)20-2/h6-7,12-13,17H,3-5,8,16H2,1-2H3. The fourth-order valence-electron chi connectivity index (χ4n) is 2.80. The summed E-state index contributed by atoms with van der Waals surface area (Å²) in [5, 5.41) is 0.371. The van der Waals surface area contributed by atoms with Gasteiger partial charge in [0, 0.05) is 24.7 Å². The lowest BCUT2D eigenvalue weighted by Gasteiger charge is -2.21. The Morgan fingerprint density at radius 1 is 1.43 bits per heavy atom. The molecular weight excluding hydrogens is 312 g/mol. The summed E-state index contributed by atoms with van der Waals surface area (Å²) in [4.78, 5) is 0.192. The molecule has 2 atom stereocenters. The summed E-state index contributed by atoms with van der Waals surface area (Å²) in [7, 11) is -2.04. The molecule has 1 saturated carbocycles. The summed E-state index contributed by atoms with van der Waals surface area (Å²) in [5.41, 5.74) is 7.02. The first kappa shape index (κ1) is 16.7. The molecule has 3 N–H and O–H groups in total. The third-order valence-corrected chi connectivity index (χ3v) is 5.84. The number of nitrogens with two attached hydrogens (primary N) is 1. The van der Waals surface area contributed by atoms with Crippen LogP contribution in [0.2, 0.25) is 5.02 Å². The van der Waals surface area contributed by atoms with Gasteiger partial charge in [-0.15, -0.1) is 0 Å². The van der Waals surface area contributed by atoms with Crippen molar-refractivity contribution in [2.45, 2.75) is 49.8 Å². The molecule has 0 bridgehead atoms. The summed E-state index contributed by atoms with van der Waals surface area (Å²) in [6.07, 6.45) is 2.52. The van der Waals surface area contributed by atoms with E-state index in [1.54, 1.807) is 20.1 Å². The number of sulfonamides is 1. The van der Waals surface area contributed by atoms with Gasteiger partial charge in [-0.25, -0.2) is 13.1 Å². The second kappa shape index (κ2) is 6.62. The Hall–Kier alpha value is -0.660. The van der Waals surface area contributed by atoms with E-state index in [4.69, 9.17) is 22.1 Å². The van der Waals surface area contributed by atoms with Gasteiger partial charge < -0.3 is 10.5 Å². The Bertz CT molecular complexity index is 619. The molecule has 0 aliphatic heterocycles. The van der Waals surface area contributed by atoms with Crippen molar-refractivity contribution in [2.75, 3.05) is 7.11 Å². The number of nitrogens with one attached hydrogen (secondary N) is 1. The van der Waals surface area contributed by atoms with Crippen molar-refractivity contribution in [1.29, 1.82) is 0 Å². The Labute approximate surface area is 130 Å². The smallest absolute Gasteiger partial charge is 0.241 e. The third-order valence-electron chi connectivity index (χ3n) is 4.00. The fraction of sp³-hybridized carbons (Fsp3) is 0.571. The van der Waals surface area contributed by atoms with E-state index in [0.29, 0.717) is 10.6 Å². The van der Waals surface area contributed by atoms with E-state index in [0.717, 1.165) is 24.8 Å². The average molecular weight is 333 g/mol. The van der Waals surface area contributed by atoms with E-state index in [1.165, 1.54) is 6.07 Å². The van der Waals surface area contributed by atoms with Crippen LogP contribution in [0.15, 0.2) is 17.0 Å². The topological polar surface area (TPSA) is 81.4 Å². The van der Waals surface area contributed by atoms with E-state index >= 15 is 0 Å². The van der Waals surface area contributed by atoms with E-state index in [2.05, 4.69) is 4.72 Å². The first-order valence-corrected chi connectivity index (χ1v) is 8.79. The highest BCUT2D eigenvalue weighted by atomic mass is 35.5. The minimum Gasteiger partial charge on any atom is -0.380 e. The van der Waals surface area contributed by atoms with Crippen LogP contribution in [0.5, 0.6) is 0 Å². The molecule has 1 fully saturated rings. The van der Waals surface area contributed by atoms with Crippen molar-refractivity contribution in [2.24, 2.45) is 5.73 Å². The van der Waals surface area contributed by atoms with Gasteiger partial charge in [0.15, 0.2) is 0 Å². The maximum absolute atomic E-state index is 12.6. The Morgan fingerprint density at radius 3 is 2.76 bits per heavy atom. The van der Waals surface area contributed by atoms with Gasteiger partial charge in [-0.05, 0) is 49.4 Å². The molecule has 21 heavy (non-hydrogen) atoms. The van der Waals surface area contributed by atoms with Crippen LogP contribution in [0.25, 0.3) is 0 Å². The Balaban J connectivity index is 2.34. The number of hydrogen-bond acceptors (Lipinski definition) is 4. The molecule has 1 aromatic rings. The number of benzene rings is 1. The number of rotatable bonds is 5. The Morgan fingerprint density at radius 2 is 2.14 bits per heavy atom. The zero-order chi connectivity index (χ0) is 15.6. The quantitative estimate of drug-likeness (QED) is 0.863. The molecule has 2 rings (SSSR count). The monoisotopic (exact) mass is 332 g/mol. The van der Waals surface area contributed by atoms with Gasteiger partial charge in [-0.1, -0.05) is 11.6 Å². The number of hydrogen-bond donors (Lipinski definition) is 2. The van der Waals surface area contributed by atoms with Gasteiger partial charge >= 0.3 is 0 Å². The normalized spacial score (nSPS) is 22.7. The zero-order valence-electron chi connectivity index (χ0n) is 12.2. The van der Waals surface area contributed by atoms with E-state index in [-0.39, 0.29) is 23.6 Å². The van der Waals surface area contributed by atoms with Crippen LogP contribution in [0.3, 0.4) is 0 Å². The molecule has 0 radical (unpaired) electrons. The molecule has 0 spiro atoms. The van der Waals surface area contributed by atoms with Crippen LogP contribution in [0.1, 0.15) is 30.4 Å². The SMILES string of the molecule is COC1CCCC1NS(=O)(=O)c1cc(Cl)cc(CN)c1C. The molecule has 0 heterocycles. The van der Waals surface area contributed by atoms with Crippen LogP contribution in [-0.2, 0) is 21.3 Å². The second-order valence-corrected chi connectivity index (χ2v) is 7.44. The lowest BCUT2D eigenvalue weighted by Crippen LogP contribution is -2.40. The number of methoxy groups -OCH3 is 1. The maximum atomic E-state index is 12.6. The minimum atomic E-state index is -3.64. The molecule has 5 nitrogen and oxygen atoms in total. The van der Waals surface area contributed by atoms with Gasteiger partial charge in [-0.3, -0.25) is 0 Å². The minimum absolute atomic E-state index is 0.0757. The molecule has 1 aromatic carbocycles. The predicted molar refractivity (Wildman–Crippen MR) is 82.8 cm³/mol. The molecule has 0 saturated heterocycles. The molecular formula is C14H21ClN2O3S. The van der Waals surface area contributed by atoms with Crippen molar-refractivity contribution in [3.05, 3.63) is 28.3 Å². The lowest BCUT2D eigenvalue weighted by molar-refractivity contribution is 0.0916. The van der Waals surface area contributed by atoms with E-state index in [9.17, 15) is 8.42 Å². The molecule has 118 valence electrons. The second-order valence-electron chi connectivity index (χ2n) is 5.33. The molecule has 0 aromatic heterocycles. The highest BCUT2D eigenvalue weighted by Gasteiger charge is 2.32. The molecule has 7 heteroatoms. The van der Waals surface area contributed by atoms with Crippen LogP contribution in [0.4, 0.5) is 0 Å². The van der Waals surface area contributed by atoms with Gasteiger partial charge in [0.2, 0.25) is 10.0 Å². The molecule has 1 aliphatic rings. The third kappa shape index (κ3) is 3.57. The summed E-state index contributed by atoms with van der Waals surface area (Å²) < 4.78 is 33.3. The summed E-state index contributed by atoms with van der Waals surface area (Å²) >= 11 is 6.01. The van der Waals surface area contributed by atoms with Crippen molar-refractivity contribution in [3.63, 3.8) is 0 Å². The number of halogens is 1. The van der Waals surface area contributed by atoms with Crippen molar-refractivity contribution in [1.82, 2.24) is 4.72 Å². The fourth-order valence-corrected chi connectivity index (χ4v) is 4.72. The summed E-state index contributed by atoms with van der Waals surface area (Å²) in [6.45, 7) is 1.99. The average Bonchev–Trinajstić information content (AvgIpc) is 2.87. The van der Waals surface area contributed by atoms with Gasteiger partial charge in [0.05, 0.1) is 11.0 Å². The van der Waals surface area contributed by atoms with Crippen molar-refractivity contribution < 1.29 is 13.2 Å². The van der Waals surface area contributed by atoms with Crippen molar-refractivity contribution in [3.8, 4) is 0 Å². The predicted octanol–water partition coefficient (Wildman–Crippen LogP) is 1.95. The first-order chi connectivity index (χ1) is 9.89. The largest absolute Gasteiger partial charge is 0.380 e. The van der Waals surface area contributed by atoms with Crippen LogP contribution in [-0.4, -0.2) is 27.7 Å². The van der Waals surface area contributed by atoms with Crippen LogP contribution >= 0.6 is 11.6 Å². The lowest BCUT2D eigenvalue weighted by atomic mass is 10.1. The molecule has 1 aliphatic carbocycles. The highest BCUT2D eigenvalue weighted by Crippen LogP contribution is 2.27. The maximum Gasteiger partial charge on any atom is 0.241 e. The first-order valence-electron chi connectivity index (χ1n) is 6.93. The van der Waals surface area contributed by atoms with E-state index < -0.39 is 10.0 Å². The zero-order valence-corrected chi connectivity index (χ0v) is 13.8. The van der Waals surface area contributed by atoms with Crippen LogP contribution in [0, 0.1) is 6.92 Å². The summed E-state index contributed by atoms with van der Waals surface area (Å²) in [5.74, 6) is 0. The number of ether oxygens (including phenoxy) is 1. The summed E-state index contributed by atoms with van der Waals surface area (Å²) in [6, 6.07) is 2.97. The van der Waals surface area contributed by atoms with Gasteiger partial charge in [0.25, 0.3) is 0 Å². The van der Waals surface area contributed by atoms with Crippen molar-refractivity contribution >= 4 is 21.6 Å².